The van der Waals surface area contributed by atoms with Crippen molar-refractivity contribution in [2.45, 2.75) is 38.0 Å². The van der Waals surface area contributed by atoms with Gasteiger partial charge < -0.3 is 25.2 Å². The second kappa shape index (κ2) is 10.5. The molecule has 1 amide bonds. The number of benzene rings is 1. The third kappa shape index (κ3) is 8.45. The van der Waals surface area contributed by atoms with Gasteiger partial charge in [-0.1, -0.05) is 6.07 Å². The molecule has 1 aliphatic rings. The van der Waals surface area contributed by atoms with Crippen molar-refractivity contribution < 1.29 is 50.5 Å². The number of aliphatic carboxylic acids is 1. The van der Waals surface area contributed by atoms with Crippen molar-refractivity contribution in [3.63, 3.8) is 0 Å². The molecular formula is C17H20F6N2O5. The number of hydrogen-bond donors (Lipinski definition) is 3. The van der Waals surface area contributed by atoms with Crippen LogP contribution in [0.2, 0.25) is 0 Å². The Labute approximate surface area is 167 Å². The van der Waals surface area contributed by atoms with Gasteiger partial charge in [0.25, 0.3) is 5.91 Å². The maximum absolute atomic E-state index is 12.3. The lowest BCUT2D eigenvalue weighted by molar-refractivity contribution is -0.274. The van der Waals surface area contributed by atoms with Gasteiger partial charge >= 0.3 is 18.5 Å². The summed E-state index contributed by atoms with van der Waals surface area (Å²) in [6.07, 6.45) is -8.99. The number of carboxylic acid groups (broad SMARTS) is 1. The van der Waals surface area contributed by atoms with Gasteiger partial charge in [0.05, 0.1) is 6.10 Å². The quantitative estimate of drug-likeness (QED) is 0.602. The average Bonchev–Trinajstić information content (AvgIpc) is 3.08. The van der Waals surface area contributed by atoms with E-state index >= 15 is 0 Å². The highest BCUT2D eigenvalue weighted by Crippen LogP contribution is 2.27. The molecule has 1 fully saturated rings. The third-order valence-electron chi connectivity index (χ3n) is 4.02. The van der Waals surface area contributed by atoms with E-state index in [1.165, 1.54) is 25.1 Å². The molecule has 1 aromatic carbocycles. The van der Waals surface area contributed by atoms with Crippen LogP contribution in [0.3, 0.4) is 0 Å². The monoisotopic (exact) mass is 446 g/mol. The smallest absolute Gasteiger partial charge is 0.475 e. The van der Waals surface area contributed by atoms with Crippen LogP contribution in [0.1, 0.15) is 22.3 Å². The van der Waals surface area contributed by atoms with E-state index in [0.29, 0.717) is 13.1 Å². The molecule has 0 radical (unpaired) electrons. The van der Waals surface area contributed by atoms with Crippen LogP contribution < -0.4 is 15.4 Å². The molecule has 170 valence electrons. The molecule has 0 aliphatic carbocycles. The highest BCUT2D eigenvalue weighted by atomic mass is 19.4. The first-order chi connectivity index (χ1) is 13.7. The van der Waals surface area contributed by atoms with Crippen molar-refractivity contribution in [3.8, 4) is 5.75 Å². The number of rotatable bonds is 5. The summed E-state index contributed by atoms with van der Waals surface area (Å²) in [5.41, 5.74) is 0.310. The third-order valence-corrected chi connectivity index (χ3v) is 4.02. The molecular weight excluding hydrogens is 426 g/mol. The van der Waals surface area contributed by atoms with E-state index in [9.17, 15) is 31.1 Å². The number of carbonyl (C=O) groups excluding carboxylic acids is 1. The fourth-order valence-corrected chi connectivity index (χ4v) is 2.52. The number of carbonyl (C=O) groups is 2. The van der Waals surface area contributed by atoms with Gasteiger partial charge in [0.15, 0.2) is 0 Å². The van der Waals surface area contributed by atoms with Crippen LogP contribution in [0.25, 0.3) is 0 Å². The van der Waals surface area contributed by atoms with Crippen LogP contribution in [0.5, 0.6) is 5.75 Å². The van der Waals surface area contributed by atoms with Gasteiger partial charge in [0.1, 0.15) is 5.75 Å². The highest BCUT2D eigenvalue weighted by molar-refractivity contribution is 5.96. The first-order valence-corrected chi connectivity index (χ1v) is 8.44. The van der Waals surface area contributed by atoms with Crippen molar-refractivity contribution in [1.29, 1.82) is 0 Å². The SMILES string of the molecule is COC1CNC(CNC(=O)c2cccc(OC(F)(F)F)c2C)C1.O=C(O)C(F)(F)F. The summed E-state index contributed by atoms with van der Waals surface area (Å²) in [4.78, 5) is 21.1. The predicted octanol–water partition coefficient (Wildman–Crippen LogP) is 2.63. The second-order valence-electron chi connectivity index (χ2n) is 6.19. The van der Waals surface area contributed by atoms with Gasteiger partial charge in [0.2, 0.25) is 0 Å². The number of ether oxygens (including phenoxy) is 2. The van der Waals surface area contributed by atoms with Gasteiger partial charge in [-0.3, -0.25) is 4.79 Å². The normalized spacial score (nSPS) is 18.9. The topological polar surface area (TPSA) is 96.9 Å². The lowest BCUT2D eigenvalue weighted by Crippen LogP contribution is -2.37. The first kappa shape index (κ1) is 25.5. The van der Waals surface area contributed by atoms with Crippen LogP contribution >= 0.6 is 0 Å². The molecule has 3 N–H and O–H groups in total. The summed E-state index contributed by atoms with van der Waals surface area (Å²) in [6, 6.07) is 4.09. The molecule has 2 unspecified atom stereocenters. The zero-order valence-corrected chi connectivity index (χ0v) is 15.9. The molecule has 30 heavy (non-hydrogen) atoms. The molecule has 2 rings (SSSR count). The van der Waals surface area contributed by atoms with Crippen molar-refractivity contribution in [2.24, 2.45) is 0 Å². The first-order valence-electron chi connectivity index (χ1n) is 8.44. The Morgan fingerprint density at radius 3 is 2.30 bits per heavy atom. The summed E-state index contributed by atoms with van der Waals surface area (Å²) in [6.45, 7) is 2.51. The number of hydrogen-bond acceptors (Lipinski definition) is 5. The largest absolute Gasteiger partial charge is 0.573 e. The zero-order chi connectivity index (χ0) is 23.1. The molecule has 1 aromatic rings. The molecule has 13 heteroatoms. The van der Waals surface area contributed by atoms with E-state index in [0.717, 1.165) is 6.42 Å². The van der Waals surface area contributed by atoms with E-state index in [-0.39, 0.29) is 29.0 Å². The average molecular weight is 446 g/mol. The molecule has 0 saturated carbocycles. The van der Waals surface area contributed by atoms with Crippen LogP contribution in [-0.2, 0) is 9.53 Å². The maximum atomic E-state index is 12.3. The van der Waals surface area contributed by atoms with Crippen molar-refractivity contribution >= 4 is 11.9 Å². The van der Waals surface area contributed by atoms with Crippen molar-refractivity contribution in [2.75, 3.05) is 20.2 Å². The van der Waals surface area contributed by atoms with Crippen LogP contribution in [0.4, 0.5) is 26.3 Å². The van der Waals surface area contributed by atoms with Gasteiger partial charge in [-0.15, -0.1) is 13.2 Å². The fourth-order valence-electron chi connectivity index (χ4n) is 2.52. The lowest BCUT2D eigenvalue weighted by atomic mass is 10.1. The molecule has 1 saturated heterocycles. The van der Waals surface area contributed by atoms with Crippen molar-refractivity contribution in [1.82, 2.24) is 10.6 Å². The summed E-state index contributed by atoms with van der Waals surface area (Å²) in [5.74, 6) is -3.56. The zero-order valence-electron chi connectivity index (χ0n) is 15.9. The van der Waals surface area contributed by atoms with E-state index in [1.54, 1.807) is 7.11 Å². The number of nitrogens with one attached hydrogen (secondary N) is 2. The standard InChI is InChI=1S/C15H19F3N2O3.C2HF3O2/c1-9-12(4-3-5-13(9)23-15(16,17)18)14(21)20-7-10-6-11(22-2)8-19-10;3-2(4,5)1(6)7/h3-5,10-11,19H,6-8H2,1-2H3,(H,20,21);(H,6,7). The summed E-state index contributed by atoms with van der Waals surface area (Å²) >= 11 is 0. The minimum Gasteiger partial charge on any atom is -0.475 e. The van der Waals surface area contributed by atoms with E-state index in [4.69, 9.17) is 14.6 Å². The minimum atomic E-state index is -5.08. The van der Waals surface area contributed by atoms with E-state index in [1.807, 2.05) is 0 Å². The Morgan fingerprint density at radius 2 is 1.83 bits per heavy atom. The summed E-state index contributed by atoms with van der Waals surface area (Å²) < 4.78 is 77.9. The predicted molar refractivity (Wildman–Crippen MR) is 91.1 cm³/mol. The molecule has 0 aromatic heterocycles. The Hall–Kier alpha value is -2.54. The number of amides is 1. The van der Waals surface area contributed by atoms with Crippen LogP contribution in [-0.4, -0.2) is 61.9 Å². The minimum absolute atomic E-state index is 0.0822. The number of alkyl halides is 6. The van der Waals surface area contributed by atoms with E-state index in [2.05, 4.69) is 15.4 Å². The lowest BCUT2D eigenvalue weighted by Gasteiger charge is -2.15. The molecule has 7 nitrogen and oxygen atoms in total. The van der Waals surface area contributed by atoms with E-state index < -0.39 is 24.4 Å². The van der Waals surface area contributed by atoms with Gasteiger partial charge in [-0.2, -0.15) is 13.2 Å². The van der Waals surface area contributed by atoms with Gasteiger partial charge in [-0.25, -0.2) is 4.79 Å². The summed E-state index contributed by atoms with van der Waals surface area (Å²) in [7, 11) is 1.63. The number of carboxylic acids is 1. The molecule has 2 atom stereocenters. The molecule has 0 bridgehead atoms. The van der Waals surface area contributed by atoms with Crippen LogP contribution in [0.15, 0.2) is 18.2 Å². The molecule has 1 aliphatic heterocycles. The molecule has 0 spiro atoms. The van der Waals surface area contributed by atoms with Crippen molar-refractivity contribution in [3.05, 3.63) is 29.3 Å². The summed E-state index contributed by atoms with van der Waals surface area (Å²) in [5, 5.41) is 13.1. The maximum Gasteiger partial charge on any atom is 0.573 e. The van der Waals surface area contributed by atoms with Gasteiger partial charge in [0, 0.05) is 37.4 Å². The fraction of sp³-hybridized carbons (Fsp3) is 0.529. The Balaban J connectivity index is 0.000000553. The van der Waals surface area contributed by atoms with Gasteiger partial charge in [-0.05, 0) is 25.5 Å². The number of methoxy groups -OCH3 is 1. The second-order valence-corrected chi connectivity index (χ2v) is 6.19. The Bertz CT molecular complexity index is 738. The highest BCUT2D eigenvalue weighted by Gasteiger charge is 2.38. The Morgan fingerprint density at radius 1 is 1.23 bits per heavy atom. The van der Waals surface area contributed by atoms with Crippen LogP contribution in [0, 0.1) is 6.92 Å². The Kier molecular flexibility index (Phi) is 8.90. The number of halogens is 6. The molecule has 1 heterocycles.